The number of rotatable bonds is 39. The molecule has 0 spiro atoms. The summed E-state index contributed by atoms with van der Waals surface area (Å²) in [6, 6.07) is 0. The average Bonchev–Trinajstić information content (AvgIpc) is 3.06. The minimum absolute atomic E-state index is 0.0907. The molecule has 9 heteroatoms. The molecule has 0 heterocycles. The maximum absolute atomic E-state index is 12.4. The van der Waals surface area contributed by atoms with Crippen molar-refractivity contribution in [2.45, 2.75) is 193 Å². The summed E-state index contributed by atoms with van der Waals surface area (Å²) in [5.74, 6) is -0.329. The van der Waals surface area contributed by atoms with Gasteiger partial charge in [0.25, 0.3) is 0 Å². The molecule has 0 saturated carbocycles. The first-order valence-electron chi connectivity index (χ1n) is 20.9. The Morgan fingerprint density at radius 2 is 1.04 bits per heavy atom. The molecule has 0 aromatic carbocycles. The van der Waals surface area contributed by atoms with Gasteiger partial charge >= 0.3 is 13.8 Å². The van der Waals surface area contributed by atoms with Crippen LogP contribution in [0.25, 0.3) is 0 Å². The molecule has 0 bridgehead atoms. The zero-order chi connectivity index (χ0) is 37.0. The molecule has 2 atom stereocenters. The van der Waals surface area contributed by atoms with Crippen molar-refractivity contribution in [3.63, 3.8) is 0 Å². The summed E-state index contributed by atoms with van der Waals surface area (Å²) in [5, 5.41) is 0. The van der Waals surface area contributed by atoms with Gasteiger partial charge < -0.3 is 18.9 Å². The standard InChI is InChI=1S/C41H82NO7P/c1-6-8-10-12-13-14-15-16-17-18-19-20-21-22-23-24-25-26-27-28-29-30-31-33-36-46-38-40(49-41(43)34-32-11-9-7-2)39-48-50(44,45)47-37-35-42(3,4)5/h18-19,40H,6-17,20-39H2,1-5H3/p+1/b19-18-. The Morgan fingerprint density at radius 1 is 0.600 bits per heavy atom. The zero-order valence-corrected chi connectivity index (χ0v) is 34.5. The number of likely N-dealkylation sites (N-methyl/N-ethyl adjacent to an activating group) is 1. The van der Waals surface area contributed by atoms with E-state index in [0.717, 1.165) is 38.5 Å². The fourth-order valence-electron chi connectivity index (χ4n) is 5.78. The normalized spacial score (nSPS) is 14.0. The number of quaternary nitrogens is 1. The van der Waals surface area contributed by atoms with Crippen molar-refractivity contribution < 1.29 is 37.3 Å². The van der Waals surface area contributed by atoms with Crippen molar-refractivity contribution in [3.8, 4) is 0 Å². The van der Waals surface area contributed by atoms with Crippen LogP contribution in [0, 0.1) is 0 Å². The largest absolute Gasteiger partial charge is 0.472 e. The molecule has 0 aromatic rings. The van der Waals surface area contributed by atoms with Gasteiger partial charge in [0.15, 0.2) is 0 Å². The van der Waals surface area contributed by atoms with Crippen molar-refractivity contribution in [3.05, 3.63) is 12.2 Å². The lowest BCUT2D eigenvalue weighted by Gasteiger charge is -2.24. The minimum atomic E-state index is -4.25. The summed E-state index contributed by atoms with van der Waals surface area (Å²) in [4.78, 5) is 22.5. The zero-order valence-electron chi connectivity index (χ0n) is 33.7. The second kappa shape index (κ2) is 35.3. The number of carbonyl (C=O) groups excluding carboxylic acids is 1. The Balaban J connectivity index is 3.85. The fourth-order valence-corrected chi connectivity index (χ4v) is 6.52. The van der Waals surface area contributed by atoms with Gasteiger partial charge in [0.2, 0.25) is 0 Å². The van der Waals surface area contributed by atoms with Crippen LogP contribution in [0.2, 0.25) is 0 Å². The number of hydrogen-bond donors (Lipinski definition) is 1. The molecule has 0 aliphatic heterocycles. The first kappa shape index (κ1) is 49.2. The van der Waals surface area contributed by atoms with Crippen LogP contribution in [0.3, 0.4) is 0 Å². The summed E-state index contributed by atoms with van der Waals surface area (Å²) in [6.07, 6.45) is 37.4. The van der Waals surface area contributed by atoms with Gasteiger partial charge in [0.05, 0.1) is 34.4 Å². The van der Waals surface area contributed by atoms with Gasteiger partial charge in [0, 0.05) is 13.0 Å². The summed E-state index contributed by atoms with van der Waals surface area (Å²) in [6.45, 7) is 5.52. The van der Waals surface area contributed by atoms with Gasteiger partial charge in [-0.25, -0.2) is 4.57 Å². The van der Waals surface area contributed by atoms with Crippen LogP contribution in [0.15, 0.2) is 12.2 Å². The number of phosphoric acid groups is 1. The van der Waals surface area contributed by atoms with Crippen molar-refractivity contribution in [2.24, 2.45) is 0 Å². The molecule has 0 radical (unpaired) electrons. The van der Waals surface area contributed by atoms with Crippen LogP contribution in [-0.2, 0) is 27.9 Å². The Kier molecular flexibility index (Phi) is 34.7. The van der Waals surface area contributed by atoms with E-state index in [1.54, 1.807) is 0 Å². The van der Waals surface area contributed by atoms with E-state index < -0.39 is 13.9 Å². The van der Waals surface area contributed by atoms with E-state index in [9.17, 15) is 14.3 Å². The highest BCUT2D eigenvalue weighted by Gasteiger charge is 2.26. The maximum atomic E-state index is 12.4. The third-order valence-corrected chi connectivity index (χ3v) is 10.1. The first-order valence-corrected chi connectivity index (χ1v) is 22.4. The Hall–Kier alpha value is -0.760. The number of unbranched alkanes of at least 4 members (excludes halogenated alkanes) is 23. The van der Waals surface area contributed by atoms with E-state index in [2.05, 4.69) is 26.0 Å². The molecule has 2 unspecified atom stereocenters. The van der Waals surface area contributed by atoms with Crippen molar-refractivity contribution in [1.82, 2.24) is 0 Å². The number of phosphoric ester groups is 1. The minimum Gasteiger partial charge on any atom is -0.457 e. The van der Waals surface area contributed by atoms with Gasteiger partial charge in [-0.05, 0) is 38.5 Å². The van der Waals surface area contributed by atoms with Gasteiger partial charge in [0.1, 0.15) is 19.3 Å². The molecule has 0 aliphatic rings. The smallest absolute Gasteiger partial charge is 0.457 e. The van der Waals surface area contributed by atoms with Crippen LogP contribution >= 0.6 is 7.82 Å². The lowest BCUT2D eigenvalue weighted by Crippen LogP contribution is -2.37. The van der Waals surface area contributed by atoms with Gasteiger partial charge in [-0.1, -0.05) is 154 Å². The Labute approximate surface area is 310 Å². The molecule has 0 aromatic heterocycles. The molecule has 0 fully saturated rings. The summed E-state index contributed by atoms with van der Waals surface area (Å²) < 4.78 is 34.6. The predicted molar refractivity (Wildman–Crippen MR) is 210 cm³/mol. The van der Waals surface area contributed by atoms with Crippen LogP contribution in [0.4, 0.5) is 0 Å². The van der Waals surface area contributed by atoms with Gasteiger partial charge in [-0.15, -0.1) is 0 Å². The number of nitrogens with zero attached hydrogens (tertiary/aromatic N) is 1. The molecule has 298 valence electrons. The number of carbonyl (C=O) groups is 1. The number of ether oxygens (including phenoxy) is 2. The van der Waals surface area contributed by atoms with Crippen molar-refractivity contribution in [2.75, 3.05) is 54.1 Å². The molecule has 0 amide bonds. The fraction of sp³-hybridized carbons (Fsp3) is 0.927. The molecule has 8 nitrogen and oxygen atoms in total. The second-order valence-corrected chi connectivity index (χ2v) is 16.8. The van der Waals surface area contributed by atoms with Crippen LogP contribution in [-0.4, -0.2) is 75.6 Å². The topological polar surface area (TPSA) is 91.3 Å². The summed E-state index contributed by atoms with van der Waals surface area (Å²) in [7, 11) is 1.67. The van der Waals surface area contributed by atoms with Crippen LogP contribution in [0.5, 0.6) is 0 Å². The highest BCUT2D eigenvalue weighted by Crippen LogP contribution is 2.43. The molecule has 0 aliphatic carbocycles. The maximum Gasteiger partial charge on any atom is 0.472 e. The predicted octanol–water partition coefficient (Wildman–Crippen LogP) is 11.9. The van der Waals surface area contributed by atoms with E-state index in [1.165, 1.54) is 128 Å². The van der Waals surface area contributed by atoms with Crippen molar-refractivity contribution in [1.29, 1.82) is 0 Å². The highest BCUT2D eigenvalue weighted by atomic mass is 31.2. The van der Waals surface area contributed by atoms with E-state index in [-0.39, 0.29) is 25.8 Å². The number of esters is 1. The second-order valence-electron chi connectivity index (χ2n) is 15.4. The SMILES string of the molecule is CCCCCCCCCC/C=C\CCCCCCCCCCCCCCOCC(COP(=O)(O)OCC[N+](C)(C)C)OC(=O)CCCCCC. The van der Waals surface area contributed by atoms with Gasteiger partial charge in [-0.2, -0.15) is 0 Å². The Morgan fingerprint density at radius 3 is 1.52 bits per heavy atom. The van der Waals surface area contributed by atoms with Gasteiger partial charge in [-0.3, -0.25) is 13.8 Å². The summed E-state index contributed by atoms with van der Waals surface area (Å²) >= 11 is 0. The average molecular weight is 733 g/mol. The van der Waals surface area contributed by atoms with Crippen molar-refractivity contribution >= 4 is 13.8 Å². The summed E-state index contributed by atoms with van der Waals surface area (Å²) in [5.41, 5.74) is 0. The lowest BCUT2D eigenvalue weighted by atomic mass is 10.0. The third kappa shape index (κ3) is 38.5. The number of hydrogen-bond acceptors (Lipinski definition) is 6. The third-order valence-electron chi connectivity index (χ3n) is 9.08. The van der Waals surface area contributed by atoms with Crippen LogP contribution in [0.1, 0.15) is 187 Å². The Bertz CT molecular complexity index is 817. The van der Waals surface area contributed by atoms with E-state index in [0.29, 0.717) is 24.1 Å². The molecule has 0 saturated heterocycles. The molecule has 1 N–H and O–H groups in total. The first-order chi connectivity index (χ1) is 24.1. The van der Waals surface area contributed by atoms with E-state index in [4.69, 9.17) is 18.5 Å². The van der Waals surface area contributed by atoms with E-state index in [1.807, 2.05) is 21.1 Å². The molecular formula is C41H83NO7P+. The van der Waals surface area contributed by atoms with E-state index >= 15 is 0 Å². The highest BCUT2D eigenvalue weighted by molar-refractivity contribution is 7.47. The monoisotopic (exact) mass is 733 g/mol. The van der Waals surface area contributed by atoms with Crippen LogP contribution < -0.4 is 0 Å². The molecule has 50 heavy (non-hydrogen) atoms. The number of allylic oxidation sites excluding steroid dienone is 2. The molecular weight excluding hydrogens is 649 g/mol. The quantitative estimate of drug-likeness (QED) is 0.0221. The molecule has 0 rings (SSSR count). The lowest BCUT2D eigenvalue weighted by molar-refractivity contribution is -0.870.